The number of hydrogen-bond acceptors (Lipinski definition) is 12. The van der Waals surface area contributed by atoms with Gasteiger partial charge in [0.25, 0.3) is 11.4 Å². The molecule has 0 bridgehead atoms. The van der Waals surface area contributed by atoms with E-state index >= 15 is 0 Å². The number of anilines is 3. The number of fused-ring (bicyclic) bond motifs is 1. The maximum Gasteiger partial charge on any atom is 0.266 e. The molecule has 1 aromatic carbocycles. The summed E-state index contributed by atoms with van der Waals surface area (Å²) in [6, 6.07) is 10.4. The molecule has 2 N–H and O–H groups in total. The Balaban J connectivity index is 1.21. The van der Waals surface area contributed by atoms with Crippen LogP contribution in [0, 0.1) is 0 Å². The monoisotopic (exact) mass is 578 g/mol. The molecule has 1 fully saturated rings. The van der Waals surface area contributed by atoms with Crippen molar-refractivity contribution in [3.8, 4) is 28.0 Å². The molecule has 1 unspecified atom stereocenters. The Labute approximate surface area is 244 Å². The lowest BCUT2D eigenvalue weighted by atomic mass is 10.1. The van der Waals surface area contributed by atoms with Crippen molar-refractivity contribution in [3.63, 3.8) is 0 Å². The lowest BCUT2D eigenvalue weighted by Gasteiger charge is -2.33. The van der Waals surface area contributed by atoms with Crippen LogP contribution in [0.5, 0.6) is 0 Å². The first-order valence-corrected chi connectivity index (χ1v) is 14.4. The topological polar surface area (TPSA) is 140 Å². The zero-order chi connectivity index (χ0) is 28.5. The number of piperidine rings is 1. The van der Waals surface area contributed by atoms with E-state index in [4.69, 9.17) is 9.40 Å². The van der Waals surface area contributed by atoms with Gasteiger partial charge in [-0.3, -0.25) is 4.79 Å². The van der Waals surface area contributed by atoms with Crippen molar-refractivity contribution in [3.05, 3.63) is 83.3 Å². The van der Waals surface area contributed by atoms with Gasteiger partial charge in [-0.15, -0.1) is 11.3 Å². The van der Waals surface area contributed by atoms with E-state index in [9.17, 15) is 4.79 Å². The van der Waals surface area contributed by atoms with E-state index in [1.165, 1.54) is 41.2 Å². The van der Waals surface area contributed by atoms with E-state index in [-0.39, 0.29) is 5.56 Å². The minimum atomic E-state index is -0.292. The second kappa shape index (κ2) is 11.1. The number of pyridine rings is 1. The average molecular weight is 579 g/mol. The van der Waals surface area contributed by atoms with Crippen LogP contribution in [0.4, 0.5) is 17.3 Å². The predicted molar refractivity (Wildman–Crippen MR) is 161 cm³/mol. The molecule has 0 aliphatic carbocycles. The fourth-order valence-electron chi connectivity index (χ4n) is 5.06. The van der Waals surface area contributed by atoms with Crippen LogP contribution in [0.15, 0.2) is 82.2 Å². The molecule has 6 heterocycles. The van der Waals surface area contributed by atoms with Crippen molar-refractivity contribution in [1.29, 1.82) is 0 Å². The Morgan fingerprint density at radius 3 is 2.64 bits per heavy atom. The number of oxazole rings is 1. The van der Waals surface area contributed by atoms with E-state index in [0.29, 0.717) is 51.0 Å². The fraction of sp³-hybridized carbons (Fsp3) is 0.207. The second-order valence-electron chi connectivity index (χ2n) is 9.90. The summed E-state index contributed by atoms with van der Waals surface area (Å²) in [4.78, 5) is 42.6. The molecule has 210 valence electrons. The summed E-state index contributed by atoms with van der Waals surface area (Å²) in [5, 5.41) is 9.73. The highest BCUT2D eigenvalue weighted by Gasteiger charge is 2.19. The average Bonchev–Trinajstić information content (AvgIpc) is 3.77. The summed E-state index contributed by atoms with van der Waals surface area (Å²) in [5.41, 5.74) is 3.08. The Kier molecular flexibility index (Phi) is 6.85. The summed E-state index contributed by atoms with van der Waals surface area (Å²) >= 11 is 1.35. The Bertz CT molecular complexity index is 1870. The zero-order valence-electron chi connectivity index (χ0n) is 22.6. The molecule has 0 radical (unpaired) electrons. The molecule has 1 aliphatic rings. The third-order valence-corrected chi connectivity index (χ3v) is 8.04. The molecule has 7 rings (SSSR count). The normalized spacial score (nSPS) is 15.1. The van der Waals surface area contributed by atoms with Gasteiger partial charge in [0.2, 0.25) is 11.8 Å². The van der Waals surface area contributed by atoms with Gasteiger partial charge in [-0.2, -0.15) is 4.98 Å². The molecule has 1 atom stereocenters. The summed E-state index contributed by atoms with van der Waals surface area (Å²) < 4.78 is 6.77. The van der Waals surface area contributed by atoms with Gasteiger partial charge in [-0.1, -0.05) is 0 Å². The van der Waals surface area contributed by atoms with Gasteiger partial charge < -0.3 is 20.0 Å². The maximum atomic E-state index is 13.9. The van der Waals surface area contributed by atoms with Crippen molar-refractivity contribution < 1.29 is 4.42 Å². The van der Waals surface area contributed by atoms with E-state index < -0.39 is 0 Å². The van der Waals surface area contributed by atoms with Crippen LogP contribution in [-0.4, -0.2) is 60.6 Å². The van der Waals surface area contributed by atoms with Crippen molar-refractivity contribution in [2.24, 2.45) is 0 Å². The predicted octanol–water partition coefficient (Wildman–Crippen LogP) is 4.28. The number of nitrogens with one attached hydrogen (secondary N) is 2. The van der Waals surface area contributed by atoms with Gasteiger partial charge in [-0.05, 0) is 49.7 Å². The van der Waals surface area contributed by atoms with E-state index in [1.807, 2.05) is 17.5 Å². The minimum absolute atomic E-state index is 0.292. The molecule has 0 saturated carbocycles. The molecule has 12 nitrogen and oxygen atoms in total. The van der Waals surface area contributed by atoms with Crippen LogP contribution in [0.2, 0.25) is 0 Å². The molecule has 0 spiro atoms. The Hall–Kier alpha value is -5.01. The zero-order valence-corrected chi connectivity index (χ0v) is 23.5. The largest absolute Gasteiger partial charge is 0.442 e. The number of thiazole rings is 1. The first-order valence-electron chi connectivity index (χ1n) is 13.5. The molecule has 0 amide bonds. The SMILES string of the molecule is CN(c1ccc(Nc2ncc3cc(-c4cnc(-c5ncco5)nc4)c(=O)n(-c4nccs4)c3n2)cc1)C1CCCNC1. The highest BCUT2D eigenvalue weighted by Crippen LogP contribution is 2.26. The smallest absolute Gasteiger partial charge is 0.266 e. The van der Waals surface area contributed by atoms with Crippen LogP contribution >= 0.6 is 11.3 Å². The number of rotatable bonds is 7. The van der Waals surface area contributed by atoms with Crippen molar-refractivity contribution in [2.45, 2.75) is 18.9 Å². The number of hydrogen-bond donors (Lipinski definition) is 2. The van der Waals surface area contributed by atoms with Crippen LogP contribution < -0.4 is 21.1 Å². The number of benzene rings is 1. The first-order chi connectivity index (χ1) is 20.6. The van der Waals surface area contributed by atoms with Gasteiger partial charge in [-0.25, -0.2) is 29.5 Å². The first kappa shape index (κ1) is 25.9. The van der Waals surface area contributed by atoms with Gasteiger partial charge >= 0.3 is 0 Å². The highest BCUT2D eigenvalue weighted by atomic mass is 32.1. The van der Waals surface area contributed by atoms with Crippen LogP contribution in [-0.2, 0) is 0 Å². The fourth-order valence-corrected chi connectivity index (χ4v) is 5.70. The van der Waals surface area contributed by atoms with Crippen LogP contribution in [0.25, 0.3) is 39.0 Å². The highest BCUT2D eigenvalue weighted by molar-refractivity contribution is 7.12. The maximum absolute atomic E-state index is 13.9. The third-order valence-electron chi connectivity index (χ3n) is 7.29. The number of aromatic nitrogens is 7. The van der Waals surface area contributed by atoms with Gasteiger partial charge in [0, 0.05) is 72.1 Å². The Morgan fingerprint density at radius 2 is 1.93 bits per heavy atom. The molecule has 42 heavy (non-hydrogen) atoms. The van der Waals surface area contributed by atoms with Crippen molar-refractivity contribution >= 4 is 39.7 Å². The second-order valence-corrected chi connectivity index (χ2v) is 10.8. The standard InChI is InChI=1S/C29H26N10O2S/c1-38(22-3-2-8-30-17-22)21-6-4-20(5-7-21)36-28-35-14-18-13-23(19-15-33-24(34-16-19)26-31-9-11-41-26)27(40)39(25(18)37-28)29-32-10-12-42-29/h4-7,9-16,22,30H,2-3,8,17H2,1H3,(H,35,36,37). The van der Waals surface area contributed by atoms with Crippen molar-refractivity contribution in [1.82, 2.24) is 39.8 Å². The number of likely N-dealkylation sites (N-methyl/N-ethyl adjacent to an activating group) is 1. The molecular formula is C29H26N10O2S. The summed E-state index contributed by atoms with van der Waals surface area (Å²) in [5.74, 6) is 1.00. The summed E-state index contributed by atoms with van der Waals surface area (Å²) in [7, 11) is 2.13. The summed E-state index contributed by atoms with van der Waals surface area (Å²) in [6.45, 7) is 2.08. The van der Waals surface area contributed by atoms with Crippen molar-refractivity contribution in [2.75, 3.05) is 30.4 Å². The molecule has 1 saturated heterocycles. The van der Waals surface area contributed by atoms with Gasteiger partial charge in [0.1, 0.15) is 6.26 Å². The summed E-state index contributed by atoms with van der Waals surface area (Å²) in [6.07, 6.45) is 11.8. The third kappa shape index (κ3) is 4.99. The lowest BCUT2D eigenvalue weighted by Crippen LogP contribution is -2.44. The Morgan fingerprint density at radius 1 is 1.07 bits per heavy atom. The van der Waals surface area contributed by atoms with E-state index in [1.54, 1.807) is 30.9 Å². The molecule has 13 heteroatoms. The molecule has 6 aromatic rings. The van der Waals surface area contributed by atoms with Crippen LogP contribution in [0.3, 0.4) is 0 Å². The number of nitrogens with zero attached hydrogens (tertiary/aromatic N) is 8. The van der Waals surface area contributed by atoms with E-state index in [0.717, 1.165) is 24.5 Å². The molecule has 5 aromatic heterocycles. The van der Waals surface area contributed by atoms with E-state index in [2.05, 4.69) is 59.6 Å². The minimum Gasteiger partial charge on any atom is -0.442 e. The molecular weight excluding hydrogens is 552 g/mol. The van der Waals surface area contributed by atoms with Gasteiger partial charge in [0.15, 0.2) is 10.8 Å². The van der Waals surface area contributed by atoms with Crippen LogP contribution in [0.1, 0.15) is 12.8 Å². The van der Waals surface area contributed by atoms with Gasteiger partial charge in [0.05, 0.1) is 11.8 Å². The quantitative estimate of drug-likeness (QED) is 0.280. The molecule has 1 aliphatic heterocycles. The lowest BCUT2D eigenvalue weighted by molar-refractivity contribution is 0.445.